The maximum absolute atomic E-state index is 13.4. The number of hydrogen-bond acceptors (Lipinski definition) is 4. The van der Waals surface area contributed by atoms with E-state index in [0.29, 0.717) is 27.0 Å². The maximum Gasteiger partial charge on any atom is 0.320 e. The van der Waals surface area contributed by atoms with E-state index in [-0.39, 0.29) is 11.6 Å². The Morgan fingerprint density at radius 3 is 2.62 bits per heavy atom. The van der Waals surface area contributed by atoms with E-state index in [2.05, 4.69) is 20.2 Å². The Kier molecular flexibility index (Phi) is 4.60. The summed E-state index contributed by atoms with van der Waals surface area (Å²) in [4.78, 5) is 8.69. The van der Waals surface area contributed by atoms with E-state index < -0.39 is 6.55 Å². The summed E-state index contributed by atoms with van der Waals surface area (Å²) in [6, 6.07) is 14.0. The Morgan fingerprint density at radius 1 is 1.08 bits per heavy atom. The second-order valence-electron chi connectivity index (χ2n) is 5.43. The number of hydrogen-bond donors (Lipinski definition) is 1. The highest BCUT2D eigenvalue weighted by atomic mass is 35.5. The first-order valence-corrected chi connectivity index (χ1v) is 9.03. The molecule has 4 aromatic rings. The third kappa shape index (κ3) is 3.30. The van der Waals surface area contributed by atoms with Crippen molar-refractivity contribution in [1.29, 1.82) is 0 Å². The number of alkyl halides is 2. The highest BCUT2D eigenvalue weighted by Gasteiger charge is 2.18. The lowest BCUT2D eigenvalue weighted by Gasteiger charge is -2.06. The van der Waals surface area contributed by atoms with Crippen LogP contribution in [0.5, 0.6) is 0 Å². The first-order chi connectivity index (χ1) is 12.6. The number of aromatic amines is 1. The van der Waals surface area contributed by atoms with E-state index >= 15 is 0 Å². The average Bonchev–Trinajstić information content (AvgIpc) is 3.24. The molecule has 132 valence electrons. The predicted octanol–water partition coefficient (Wildman–Crippen LogP) is 5.16. The summed E-state index contributed by atoms with van der Waals surface area (Å²) in [6.45, 7) is -2.66. The molecule has 0 saturated carbocycles. The Balaban J connectivity index is 1.55. The van der Waals surface area contributed by atoms with Crippen LogP contribution in [-0.4, -0.2) is 24.7 Å². The van der Waals surface area contributed by atoms with Gasteiger partial charge < -0.3 is 0 Å². The number of aromatic nitrogens is 5. The maximum atomic E-state index is 13.4. The second-order valence-corrected chi connectivity index (χ2v) is 6.81. The molecule has 5 nitrogen and oxygen atoms in total. The summed E-state index contributed by atoms with van der Waals surface area (Å²) in [6.07, 6.45) is 0. The van der Waals surface area contributed by atoms with Gasteiger partial charge in [-0.15, -0.1) is 5.10 Å². The van der Waals surface area contributed by atoms with Gasteiger partial charge >= 0.3 is 6.55 Å². The van der Waals surface area contributed by atoms with Crippen molar-refractivity contribution in [2.75, 3.05) is 0 Å². The number of fused-ring (bicyclic) bond motifs is 1. The standard InChI is InChI=1S/C17H12ClF2N5S/c18-11-7-5-10(6-8-11)15-22-17(24-23-15)26-9-14-21-12-3-1-2-4-13(12)25(14)16(19)20/h1-8,16H,9H2,(H,22,23,24). The first-order valence-electron chi connectivity index (χ1n) is 7.67. The Morgan fingerprint density at radius 2 is 1.85 bits per heavy atom. The first kappa shape index (κ1) is 17.0. The molecule has 4 rings (SSSR count). The van der Waals surface area contributed by atoms with E-state index in [1.807, 2.05) is 12.1 Å². The molecule has 0 unspecified atom stereocenters. The number of nitrogens with one attached hydrogen (secondary N) is 1. The monoisotopic (exact) mass is 391 g/mol. The van der Waals surface area contributed by atoms with E-state index in [4.69, 9.17) is 11.6 Å². The van der Waals surface area contributed by atoms with Crippen LogP contribution in [0, 0.1) is 0 Å². The van der Waals surface area contributed by atoms with Crippen LogP contribution < -0.4 is 0 Å². The summed E-state index contributed by atoms with van der Waals surface area (Å²) < 4.78 is 27.8. The summed E-state index contributed by atoms with van der Waals surface area (Å²) in [5.41, 5.74) is 1.80. The van der Waals surface area contributed by atoms with Crippen LogP contribution in [0.4, 0.5) is 8.78 Å². The third-order valence-electron chi connectivity index (χ3n) is 3.78. The van der Waals surface area contributed by atoms with Crippen molar-refractivity contribution in [2.24, 2.45) is 0 Å². The van der Waals surface area contributed by atoms with Crippen LogP contribution >= 0.6 is 23.4 Å². The quantitative estimate of drug-likeness (QED) is 0.477. The van der Waals surface area contributed by atoms with Crippen molar-refractivity contribution in [3.63, 3.8) is 0 Å². The minimum Gasteiger partial charge on any atom is -0.269 e. The zero-order valence-corrected chi connectivity index (χ0v) is 14.8. The van der Waals surface area contributed by atoms with Crippen LogP contribution in [-0.2, 0) is 5.75 Å². The molecular weight excluding hydrogens is 380 g/mol. The van der Waals surface area contributed by atoms with Crippen molar-refractivity contribution in [3.05, 3.63) is 59.4 Å². The van der Waals surface area contributed by atoms with Crippen molar-refractivity contribution in [2.45, 2.75) is 17.5 Å². The number of imidazole rings is 1. The van der Waals surface area contributed by atoms with Gasteiger partial charge in [-0.25, -0.2) is 9.97 Å². The summed E-state index contributed by atoms with van der Waals surface area (Å²) >= 11 is 7.12. The Hall–Kier alpha value is -2.45. The summed E-state index contributed by atoms with van der Waals surface area (Å²) in [5.74, 6) is 1.10. The Labute approximate surface area is 156 Å². The molecule has 2 heterocycles. The van der Waals surface area contributed by atoms with Gasteiger partial charge in [-0.1, -0.05) is 35.5 Å². The smallest absolute Gasteiger partial charge is 0.269 e. The van der Waals surface area contributed by atoms with Gasteiger partial charge in [0, 0.05) is 10.6 Å². The molecule has 0 saturated heterocycles. The topological polar surface area (TPSA) is 59.4 Å². The van der Waals surface area contributed by atoms with Crippen molar-refractivity contribution >= 4 is 34.4 Å². The fourth-order valence-corrected chi connectivity index (χ4v) is 3.44. The van der Waals surface area contributed by atoms with Crippen molar-refractivity contribution < 1.29 is 8.78 Å². The van der Waals surface area contributed by atoms with Gasteiger partial charge in [0.1, 0.15) is 5.82 Å². The number of halogens is 3. The zero-order chi connectivity index (χ0) is 18.1. The van der Waals surface area contributed by atoms with Crippen LogP contribution in [0.3, 0.4) is 0 Å². The normalized spacial score (nSPS) is 11.5. The molecule has 0 spiro atoms. The van der Waals surface area contributed by atoms with E-state index in [1.165, 1.54) is 11.8 Å². The molecule has 0 atom stereocenters. The van der Waals surface area contributed by atoms with Gasteiger partial charge in [0.2, 0.25) is 5.16 Å². The molecule has 2 aromatic heterocycles. The minimum absolute atomic E-state index is 0.233. The molecular formula is C17H12ClF2N5S. The lowest BCUT2D eigenvalue weighted by Crippen LogP contribution is -2.03. The molecule has 0 aliphatic carbocycles. The van der Waals surface area contributed by atoms with Crippen LogP contribution in [0.2, 0.25) is 5.02 Å². The van der Waals surface area contributed by atoms with Gasteiger partial charge in [-0.2, -0.15) is 8.78 Å². The van der Waals surface area contributed by atoms with Gasteiger partial charge in [0.05, 0.1) is 16.8 Å². The molecule has 0 bridgehead atoms. The third-order valence-corrected chi connectivity index (χ3v) is 4.87. The highest BCUT2D eigenvalue weighted by molar-refractivity contribution is 7.98. The molecule has 26 heavy (non-hydrogen) atoms. The van der Waals surface area contributed by atoms with E-state index in [9.17, 15) is 8.78 Å². The minimum atomic E-state index is -2.66. The SMILES string of the molecule is FC(F)n1c(CSc2n[nH]c(-c3ccc(Cl)cc3)n2)nc2ccccc21. The number of rotatable bonds is 5. The molecule has 0 aliphatic rings. The predicted molar refractivity (Wildman–Crippen MR) is 97.4 cm³/mol. The van der Waals surface area contributed by atoms with Crippen molar-refractivity contribution in [1.82, 2.24) is 24.7 Å². The van der Waals surface area contributed by atoms with Crippen LogP contribution in [0.1, 0.15) is 12.4 Å². The van der Waals surface area contributed by atoms with Gasteiger partial charge in [0.25, 0.3) is 0 Å². The molecule has 9 heteroatoms. The largest absolute Gasteiger partial charge is 0.320 e. The van der Waals surface area contributed by atoms with Gasteiger partial charge in [-0.3, -0.25) is 9.67 Å². The Bertz CT molecular complexity index is 1040. The fraction of sp³-hybridized carbons (Fsp3) is 0.118. The van der Waals surface area contributed by atoms with Gasteiger partial charge in [-0.05, 0) is 36.4 Å². The lowest BCUT2D eigenvalue weighted by atomic mass is 10.2. The molecule has 0 fully saturated rings. The average molecular weight is 392 g/mol. The number of para-hydroxylation sites is 2. The van der Waals surface area contributed by atoms with Gasteiger partial charge in [0.15, 0.2) is 5.82 Å². The molecule has 1 N–H and O–H groups in total. The van der Waals surface area contributed by atoms with Crippen molar-refractivity contribution in [3.8, 4) is 11.4 Å². The number of nitrogens with zero attached hydrogens (tertiary/aromatic N) is 4. The number of H-pyrrole nitrogens is 1. The summed E-state index contributed by atoms with van der Waals surface area (Å²) in [5, 5.41) is 8.06. The lowest BCUT2D eigenvalue weighted by molar-refractivity contribution is 0.0722. The molecule has 0 aliphatic heterocycles. The zero-order valence-electron chi connectivity index (χ0n) is 13.2. The summed E-state index contributed by atoms with van der Waals surface area (Å²) in [7, 11) is 0. The molecule has 0 radical (unpaired) electrons. The van der Waals surface area contributed by atoms with E-state index in [0.717, 1.165) is 10.1 Å². The fourth-order valence-electron chi connectivity index (χ4n) is 2.59. The number of thioether (sulfide) groups is 1. The second kappa shape index (κ2) is 7.05. The van der Waals surface area contributed by atoms with Crippen LogP contribution in [0.15, 0.2) is 53.7 Å². The molecule has 2 aromatic carbocycles. The van der Waals surface area contributed by atoms with Crippen LogP contribution in [0.25, 0.3) is 22.4 Å². The van der Waals surface area contributed by atoms with E-state index in [1.54, 1.807) is 36.4 Å². The highest BCUT2D eigenvalue weighted by Crippen LogP contribution is 2.28. The molecule has 0 amide bonds. The number of benzene rings is 2.